The zero-order valence-corrected chi connectivity index (χ0v) is 6.60. The molecular formula is C7H13NO2. The molecule has 0 aliphatic carbocycles. The summed E-state index contributed by atoms with van der Waals surface area (Å²) in [5.74, 6) is -0.132. The van der Waals surface area contributed by atoms with Crippen LogP contribution in [-0.4, -0.2) is 24.2 Å². The molecule has 1 aliphatic rings. The average Bonchev–Trinajstić information content (AvgIpc) is 2.41. The first-order valence-electron chi connectivity index (χ1n) is 3.52. The summed E-state index contributed by atoms with van der Waals surface area (Å²) in [4.78, 5) is 10.9. The quantitative estimate of drug-likeness (QED) is 0.446. The van der Waals surface area contributed by atoms with Crippen LogP contribution in [0.25, 0.3) is 0 Å². The molecule has 0 aromatic rings. The van der Waals surface area contributed by atoms with Gasteiger partial charge >= 0.3 is 5.97 Å². The standard InChI is InChI=1S/C7H13NO2/c1-4-10-6(9)5-7(2,3)8-5/h5,8H,4H2,1-3H3/t5-/m0/s1. The Kier molecular flexibility index (Phi) is 1.68. The maximum absolute atomic E-state index is 10.9. The van der Waals surface area contributed by atoms with E-state index in [-0.39, 0.29) is 17.6 Å². The first kappa shape index (κ1) is 7.54. The van der Waals surface area contributed by atoms with E-state index in [2.05, 4.69) is 5.32 Å². The third kappa shape index (κ3) is 1.29. The van der Waals surface area contributed by atoms with E-state index < -0.39 is 0 Å². The van der Waals surface area contributed by atoms with Crippen LogP contribution in [0.5, 0.6) is 0 Å². The summed E-state index contributed by atoms with van der Waals surface area (Å²) in [6, 6.07) is -0.0764. The van der Waals surface area contributed by atoms with Gasteiger partial charge < -0.3 is 4.74 Å². The van der Waals surface area contributed by atoms with E-state index in [0.717, 1.165) is 0 Å². The molecule has 3 heteroatoms. The molecule has 1 saturated heterocycles. The van der Waals surface area contributed by atoms with Gasteiger partial charge in [0, 0.05) is 5.54 Å². The summed E-state index contributed by atoms with van der Waals surface area (Å²) in [5, 5.41) is 3.02. The molecule has 1 atom stereocenters. The van der Waals surface area contributed by atoms with Crippen molar-refractivity contribution in [3.8, 4) is 0 Å². The fraction of sp³-hybridized carbons (Fsp3) is 0.857. The Hall–Kier alpha value is -0.570. The molecule has 0 amide bonds. The minimum Gasteiger partial charge on any atom is -0.465 e. The second-order valence-electron chi connectivity index (χ2n) is 3.05. The summed E-state index contributed by atoms with van der Waals surface area (Å²) in [6.45, 7) is 6.24. The first-order chi connectivity index (χ1) is 4.58. The van der Waals surface area contributed by atoms with Crippen LogP contribution in [-0.2, 0) is 9.53 Å². The number of esters is 1. The number of hydrogen-bond acceptors (Lipinski definition) is 3. The third-order valence-electron chi connectivity index (χ3n) is 1.68. The normalized spacial score (nSPS) is 27.7. The van der Waals surface area contributed by atoms with Crippen molar-refractivity contribution >= 4 is 5.97 Å². The minimum absolute atomic E-state index is 0.0355. The zero-order chi connectivity index (χ0) is 7.78. The van der Waals surface area contributed by atoms with Crippen LogP contribution >= 0.6 is 0 Å². The number of ether oxygens (including phenoxy) is 1. The molecule has 1 rings (SSSR count). The Morgan fingerprint density at radius 2 is 2.20 bits per heavy atom. The highest BCUT2D eigenvalue weighted by molar-refractivity contribution is 5.81. The van der Waals surface area contributed by atoms with Crippen LogP contribution in [0.1, 0.15) is 20.8 Å². The van der Waals surface area contributed by atoms with E-state index in [1.54, 1.807) is 0 Å². The van der Waals surface area contributed by atoms with Crippen molar-refractivity contribution in [2.75, 3.05) is 6.61 Å². The lowest BCUT2D eigenvalue weighted by molar-refractivity contribution is -0.142. The Morgan fingerprint density at radius 3 is 2.50 bits per heavy atom. The second-order valence-corrected chi connectivity index (χ2v) is 3.05. The average molecular weight is 143 g/mol. The molecule has 10 heavy (non-hydrogen) atoms. The SMILES string of the molecule is CCOC(=O)[C@@H]1NC1(C)C. The van der Waals surface area contributed by atoms with Gasteiger partial charge in [0.25, 0.3) is 0 Å². The minimum atomic E-state index is -0.132. The molecule has 0 bridgehead atoms. The molecule has 1 aliphatic heterocycles. The van der Waals surface area contributed by atoms with Gasteiger partial charge in [-0.05, 0) is 20.8 Å². The van der Waals surface area contributed by atoms with Crippen molar-refractivity contribution in [3.05, 3.63) is 0 Å². The lowest BCUT2D eigenvalue weighted by Gasteiger charge is -1.99. The van der Waals surface area contributed by atoms with Crippen molar-refractivity contribution in [1.82, 2.24) is 5.32 Å². The lowest BCUT2D eigenvalue weighted by Crippen LogP contribution is -2.17. The van der Waals surface area contributed by atoms with Gasteiger partial charge in [0.1, 0.15) is 6.04 Å². The van der Waals surface area contributed by atoms with Gasteiger partial charge in [-0.15, -0.1) is 0 Å². The molecule has 3 nitrogen and oxygen atoms in total. The van der Waals surface area contributed by atoms with E-state index in [9.17, 15) is 4.79 Å². The molecule has 0 saturated carbocycles. The maximum Gasteiger partial charge on any atom is 0.325 e. The smallest absolute Gasteiger partial charge is 0.325 e. The van der Waals surface area contributed by atoms with Crippen molar-refractivity contribution < 1.29 is 9.53 Å². The van der Waals surface area contributed by atoms with Crippen LogP contribution in [0, 0.1) is 0 Å². The van der Waals surface area contributed by atoms with E-state index in [0.29, 0.717) is 6.61 Å². The zero-order valence-electron chi connectivity index (χ0n) is 6.60. The van der Waals surface area contributed by atoms with Gasteiger partial charge in [0.05, 0.1) is 6.61 Å². The molecule has 0 unspecified atom stereocenters. The summed E-state index contributed by atoms with van der Waals surface area (Å²) >= 11 is 0. The predicted molar refractivity (Wildman–Crippen MR) is 37.6 cm³/mol. The fourth-order valence-electron chi connectivity index (χ4n) is 0.909. The van der Waals surface area contributed by atoms with E-state index in [1.165, 1.54) is 0 Å². The van der Waals surface area contributed by atoms with E-state index >= 15 is 0 Å². The van der Waals surface area contributed by atoms with Gasteiger partial charge in [-0.25, -0.2) is 0 Å². The third-order valence-corrected chi connectivity index (χ3v) is 1.68. The van der Waals surface area contributed by atoms with Crippen molar-refractivity contribution in [2.24, 2.45) is 0 Å². The highest BCUT2D eigenvalue weighted by Gasteiger charge is 2.51. The van der Waals surface area contributed by atoms with Gasteiger partial charge in [-0.1, -0.05) is 0 Å². The molecular weight excluding hydrogens is 130 g/mol. The molecule has 0 radical (unpaired) electrons. The molecule has 0 aromatic heterocycles. The molecule has 1 N–H and O–H groups in total. The summed E-state index contributed by atoms with van der Waals surface area (Å²) < 4.78 is 4.80. The van der Waals surface area contributed by atoms with Gasteiger partial charge in [-0.3, -0.25) is 10.1 Å². The Labute approximate surface area is 60.7 Å². The Morgan fingerprint density at radius 1 is 1.70 bits per heavy atom. The molecule has 1 fully saturated rings. The van der Waals surface area contributed by atoms with Gasteiger partial charge in [0.2, 0.25) is 0 Å². The van der Waals surface area contributed by atoms with E-state index in [4.69, 9.17) is 4.74 Å². The predicted octanol–water partition coefficient (Wildman–Crippen LogP) is 0.300. The van der Waals surface area contributed by atoms with Crippen molar-refractivity contribution in [3.63, 3.8) is 0 Å². The highest BCUT2D eigenvalue weighted by atomic mass is 16.5. The topological polar surface area (TPSA) is 48.2 Å². The summed E-state index contributed by atoms with van der Waals surface area (Å²) in [7, 11) is 0. The monoisotopic (exact) mass is 143 g/mol. The number of hydrogen-bond donors (Lipinski definition) is 1. The van der Waals surface area contributed by atoms with Crippen molar-refractivity contribution in [2.45, 2.75) is 32.4 Å². The van der Waals surface area contributed by atoms with Crippen LogP contribution < -0.4 is 5.32 Å². The number of nitrogens with one attached hydrogen (secondary N) is 1. The van der Waals surface area contributed by atoms with Crippen LogP contribution in [0.2, 0.25) is 0 Å². The fourth-order valence-corrected chi connectivity index (χ4v) is 0.909. The highest BCUT2D eigenvalue weighted by Crippen LogP contribution is 2.25. The Balaban J connectivity index is 2.33. The first-order valence-corrected chi connectivity index (χ1v) is 3.52. The second kappa shape index (κ2) is 2.23. The summed E-state index contributed by atoms with van der Waals surface area (Å²) in [6.07, 6.45) is 0. The molecule has 1 heterocycles. The van der Waals surface area contributed by atoms with Gasteiger partial charge in [-0.2, -0.15) is 0 Å². The number of carbonyl (C=O) groups excluding carboxylic acids is 1. The van der Waals surface area contributed by atoms with Crippen LogP contribution in [0.15, 0.2) is 0 Å². The molecule has 0 spiro atoms. The largest absolute Gasteiger partial charge is 0.465 e. The number of carbonyl (C=O) groups is 1. The van der Waals surface area contributed by atoms with E-state index in [1.807, 2.05) is 20.8 Å². The van der Waals surface area contributed by atoms with Crippen LogP contribution in [0.4, 0.5) is 0 Å². The number of rotatable bonds is 2. The molecule has 0 aromatic carbocycles. The molecule has 58 valence electrons. The van der Waals surface area contributed by atoms with Crippen molar-refractivity contribution in [1.29, 1.82) is 0 Å². The van der Waals surface area contributed by atoms with Crippen LogP contribution in [0.3, 0.4) is 0 Å². The van der Waals surface area contributed by atoms with Gasteiger partial charge in [0.15, 0.2) is 0 Å². The Bertz CT molecular complexity index is 154. The summed E-state index contributed by atoms with van der Waals surface area (Å²) in [5.41, 5.74) is -0.0355. The maximum atomic E-state index is 10.9. The lowest BCUT2D eigenvalue weighted by atomic mass is 10.1.